The van der Waals surface area contributed by atoms with Crippen LogP contribution in [-0.2, 0) is 13.0 Å². The molecule has 0 bridgehead atoms. The smallest absolute Gasteiger partial charge is 0.177 e. The highest BCUT2D eigenvalue weighted by Crippen LogP contribution is 2.18. The van der Waals surface area contributed by atoms with Crippen molar-refractivity contribution in [3.8, 4) is 0 Å². The first-order valence-corrected chi connectivity index (χ1v) is 7.13. The third kappa shape index (κ3) is 2.44. The molecule has 0 fully saturated rings. The fourth-order valence-corrected chi connectivity index (χ4v) is 2.55. The van der Waals surface area contributed by atoms with Crippen LogP contribution in [0.1, 0.15) is 30.3 Å². The minimum absolute atomic E-state index is 0.846. The number of rotatable bonds is 4. The first-order chi connectivity index (χ1) is 9.78. The lowest BCUT2D eigenvalue weighted by Gasteiger charge is -2.07. The molecule has 3 heteroatoms. The Kier molecular flexibility index (Phi) is 3.50. The SMILES string of the molecule is CCCc1cnc2nc(C)n(Cc3ccccc3)c2c1. The monoisotopic (exact) mass is 265 g/mol. The van der Waals surface area contributed by atoms with Crippen molar-refractivity contribution in [1.82, 2.24) is 14.5 Å². The van der Waals surface area contributed by atoms with Crippen molar-refractivity contribution in [2.45, 2.75) is 33.2 Å². The molecule has 102 valence electrons. The Labute approximate surface area is 119 Å². The number of hydrogen-bond donors (Lipinski definition) is 0. The fourth-order valence-electron chi connectivity index (χ4n) is 2.55. The molecule has 2 heterocycles. The van der Waals surface area contributed by atoms with E-state index in [0.717, 1.165) is 36.4 Å². The molecule has 0 aliphatic heterocycles. The predicted octanol–water partition coefficient (Wildman–Crippen LogP) is 3.74. The van der Waals surface area contributed by atoms with Crippen LogP contribution in [0.15, 0.2) is 42.6 Å². The van der Waals surface area contributed by atoms with E-state index < -0.39 is 0 Å². The van der Waals surface area contributed by atoms with Crippen molar-refractivity contribution in [3.63, 3.8) is 0 Å². The second-order valence-electron chi connectivity index (χ2n) is 5.17. The highest BCUT2D eigenvalue weighted by atomic mass is 15.1. The Morgan fingerprint density at radius 3 is 2.65 bits per heavy atom. The van der Waals surface area contributed by atoms with Crippen molar-refractivity contribution in [2.75, 3.05) is 0 Å². The lowest BCUT2D eigenvalue weighted by molar-refractivity contribution is 0.785. The van der Waals surface area contributed by atoms with Crippen LogP contribution in [0, 0.1) is 6.92 Å². The molecule has 3 rings (SSSR count). The maximum absolute atomic E-state index is 4.56. The minimum atomic E-state index is 0.846. The van der Waals surface area contributed by atoms with Gasteiger partial charge in [0.1, 0.15) is 5.82 Å². The number of benzene rings is 1. The molecule has 0 amide bonds. The molecular weight excluding hydrogens is 246 g/mol. The van der Waals surface area contributed by atoms with Crippen LogP contribution in [0.4, 0.5) is 0 Å². The summed E-state index contributed by atoms with van der Waals surface area (Å²) in [5.41, 5.74) is 4.56. The van der Waals surface area contributed by atoms with Gasteiger partial charge in [0, 0.05) is 12.7 Å². The van der Waals surface area contributed by atoms with E-state index in [4.69, 9.17) is 0 Å². The molecule has 0 unspecified atom stereocenters. The number of aromatic nitrogens is 3. The number of aryl methyl sites for hydroxylation is 2. The van der Waals surface area contributed by atoms with Crippen LogP contribution in [0.3, 0.4) is 0 Å². The van der Waals surface area contributed by atoms with Gasteiger partial charge < -0.3 is 4.57 Å². The molecule has 0 spiro atoms. The summed E-state index contributed by atoms with van der Waals surface area (Å²) in [4.78, 5) is 9.05. The number of imidazole rings is 1. The van der Waals surface area contributed by atoms with Crippen LogP contribution in [0.25, 0.3) is 11.2 Å². The van der Waals surface area contributed by atoms with Gasteiger partial charge in [0.05, 0.1) is 5.52 Å². The molecule has 0 saturated heterocycles. The zero-order valence-corrected chi connectivity index (χ0v) is 12.0. The van der Waals surface area contributed by atoms with Gasteiger partial charge in [0.25, 0.3) is 0 Å². The van der Waals surface area contributed by atoms with E-state index in [-0.39, 0.29) is 0 Å². The first kappa shape index (κ1) is 12.9. The van der Waals surface area contributed by atoms with Crippen molar-refractivity contribution in [3.05, 3.63) is 59.5 Å². The topological polar surface area (TPSA) is 30.7 Å². The molecule has 0 radical (unpaired) electrons. The molecule has 0 atom stereocenters. The molecule has 1 aromatic carbocycles. The summed E-state index contributed by atoms with van der Waals surface area (Å²) in [6, 6.07) is 12.7. The third-order valence-corrected chi connectivity index (χ3v) is 3.58. The summed E-state index contributed by atoms with van der Waals surface area (Å²) < 4.78 is 2.25. The highest BCUT2D eigenvalue weighted by Gasteiger charge is 2.09. The first-order valence-electron chi connectivity index (χ1n) is 7.13. The summed E-state index contributed by atoms with van der Waals surface area (Å²) in [7, 11) is 0. The predicted molar refractivity (Wildman–Crippen MR) is 81.8 cm³/mol. The average molecular weight is 265 g/mol. The Morgan fingerprint density at radius 2 is 1.90 bits per heavy atom. The normalized spacial score (nSPS) is 11.1. The van der Waals surface area contributed by atoms with Gasteiger partial charge in [-0.25, -0.2) is 9.97 Å². The van der Waals surface area contributed by atoms with Crippen LogP contribution >= 0.6 is 0 Å². The highest BCUT2D eigenvalue weighted by molar-refractivity contribution is 5.72. The van der Waals surface area contributed by atoms with Crippen molar-refractivity contribution < 1.29 is 0 Å². The second-order valence-corrected chi connectivity index (χ2v) is 5.17. The van der Waals surface area contributed by atoms with E-state index >= 15 is 0 Å². The van der Waals surface area contributed by atoms with Gasteiger partial charge in [0.15, 0.2) is 5.65 Å². The number of pyridine rings is 1. The molecular formula is C17H19N3. The summed E-state index contributed by atoms with van der Waals surface area (Å²) in [5.74, 6) is 1.02. The van der Waals surface area contributed by atoms with Gasteiger partial charge in [0.2, 0.25) is 0 Å². The Morgan fingerprint density at radius 1 is 1.10 bits per heavy atom. The van der Waals surface area contributed by atoms with Crippen molar-refractivity contribution in [1.29, 1.82) is 0 Å². The summed E-state index contributed by atoms with van der Waals surface area (Å²) in [6.07, 6.45) is 4.16. The van der Waals surface area contributed by atoms with Crippen molar-refractivity contribution in [2.24, 2.45) is 0 Å². The zero-order chi connectivity index (χ0) is 13.9. The van der Waals surface area contributed by atoms with Gasteiger partial charge >= 0.3 is 0 Å². The van der Waals surface area contributed by atoms with Gasteiger partial charge in [-0.05, 0) is 30.5 Å². The third-order valence-electron chi connectivity index (χ3n) is 3.58. The van der Waals surface area contributed by atoms with Crippen LogP contribution < -0.4 is 0 Å². The van der Waals surface area contributed by atoms with E-state index in [0.29, 0.717) is 0 Å². The zero-order valence-electron chi connectivity index (χ0n) is 12.0. The molecule has 0 aliphatic carbocycles. The Balaban J connectivity index is 2.04. The largest absolute Gasteiger partial charge is 0.322 e. The summed E-state index contributed by atoms with van der Waals surface area (Å²) in [6.45, 7) is 5.08. The van der Waals surface area contributed by atoms with Gasteiger partial charge in [-0.1, -0.05) is 43.7 Å². The molecule has 0 saturated carbocycles. The molecule has 3 nitrogen and oxygen atoms in total. The molecule has 0 N–H and O–H groups in total. The summed E-state index contributed by atoms with van der Waals surface area (Å²) >= 11 is 0. The lowest BCUT2D eigenvalue weighted by Crippen LogP contribution is -2.02. The average Bonchev–Trinajstić information content (AvgIpc) is 2.77. The quantitative estimate of drug-likeness (QED) is 0.719. The van der Waals surface area contributed by atoms with E-state index in [1.54, 1.807) is 0 Å². The van der Waals surface area contributed by atoms with Gasteiger partial charge in [-0.15, -0.1) is 0 Å². The van der Waals surface area contributed by atoms with E-state index in [1.165, 1.54) is 11.1 Å². The molecule has 3 aromatic rings. The molecule has 2 aromatic heterocycles. The standard InChI is InChI=1S/C17H19N3/c1-3-7-15-10-16-17(18-11-15)19-13(2)20(16)12-14-8-5-4-6-9-14/h4-6,8-11H,3,7,12H2,1-2H3. The van der Waals surface area contributed by atoms with E-state index in [1.807, 2.05) is 19.2 Å². The maximum Gasteiger partial charge on any atom is 0.177 e. The van der Waals surface area contributed by atoms with Crippen LogP contribution in [0.5, 0.6) is 0 Å². The number of nitrogens with zero attached hydrogens (tertiary/aromatic N) is 3. The second kappa shape index (κ2) is 5.45. The Bertz CT molecular complexity index is 714. The van der Waals surface area contributed by atoms with Crippen LogP contribution in [-0.4, -0.2) is 14.5 Å². The fraction of sp³-hybridized carbons (Fsp3) is 0.294. The van der Waals surface area contributed by atoms with Crippen LogP contribution in [0.2, 0.25) is 0 Å². The van der Waals surface area contributed by atoms with E-state index in [2.05, 4.69) is 51.8 Å². The van der Waals surface area contributed by atoms with Gasteiger partial charge in [-0.3, -0.25) is 0 Å². The summed E-state index contributed by atoms with van der Waals surface area (Å²) in [5, 5.41) is 0. The number of hydrogen-bond acceptors (Lipinski definition) is 2. The minimum Gasteiger partial charge on any atom is -0.322 e. The lowest BCUT2D eigenvalue weighted by atomic mass is 10.1. The molecule has 20 heavy (non-hydrogen) atoms. The molecule has 0 aliphatic rings. The Hall–Kier alpha value is -2.16. The van der Waals surface area contributed by atoms with Crippen molar-refractivity contribution >= 4 is 11.2 Å². The number of fused-ring (bicyclic) bond motifs is 1. The van der Waals surface area contributed by atoms with Gasteiger partial charge in [-0.2, -0.15) is 0 Å². The maximum atomic E-state index is 4.56. The van der Waals surface area contributed by atoms with E-state index in [9.17, 15) is 0 Å².